The van der Waals surface area contributed by atoms with Crippen LogP contribution >= 0.6 is 0 Å². The molecular weight excluding hydrogens is 192 g/mol. The molecule has 1 amide bonds. The number of rotatable bonds is 3. The quantitative estimate of drug-likeness (QED) is 0.770. The number of hydrogen-bond acceptors (Lipinski definition) is 4. The van der Waals surface area contributed by atoms with Crippen LogP contribution in [0.3, 0.4) is 0 Å². The Bertz CT molecular complexity index is 351. The van der Waals surface area contributed by atoms with Crippen LogP contribution < -0.4 is 10.6 Å². The number of nitrogens with two attached hydrogens (primary N) is 1. The molecule has 0 bridgehead atoms. The van der Waals surface area contributed by atoms with E-state index >= 15 is 0 Å². The summed E-state index contributed by atoms with van der Waals surface area (Å²) in [4.78, 5) is 18.7. The van der Waals surface area contributed by atoms with Crippen molar-refractivity contribution in [3.05, 3.63) is 18.3 Å². The van der Waals surface area contributed by atoms with Crippen LogP contribution in [0.4, 0.5) is 11.5 Å². The van der Waals surface area contributed by atoms with Gasteiger partial charge in [0.2, 0.25) is 5.91 Å². The molecule has 0 aliphatic rings. The van der Waals surface area contributed by atoms with Gasteiger partial charge in [-0.2, -0.15) is 0 Å². The first-order valence-corrected chi connectivity index (χ1v) is 4.63. The van der Waals surface area contributed by atoms with Gasteiger partial charge >= 0.3 is 0 Å². The number of pyridine rings is 1. The number of likely N-dealkylation sites (N-methyl/N-ethyl adjacent to an activating group) is 2. The van der Waals surface area contributed by atoms with Crippen LogP contribution in [0.15, 0.2) is 18.3 Å². The summed E-state index contributed by atoms with van der Waals surface area (Å²) in [5.74, 6) is 0.504. The fourth-order valence-corrected chi connectivity index (χ4v) is 1.11. The van der Waals surface area contributed by atoms with Crippen LogP contribution in [0.2, 0.25) is 0 Å². The SMILES string of the molecule is CN(C)C(=O)CN(C)c1ccnc(N)c1. The van der Waals surface area contributed by atoms with Gasteiger partial charge in [0.25, 0.3) is 0 Å². The van der Waals surface area contributed by atoms with E-state index in [1.165, 1.54) is 0 Å². The van der Waals surface area contributed by atoms with Crippen LogP contribution in [0.1, 0.15) is 0 Å². The molecule has 82 valence electrons. The van der Waals surface area contributed by atoms with Gasteiger partial charge in [-0.05, 0) is 6.07 Å². The molecule has 0 saturated carbocycles. The highest BCUT2D eigenvalue weighted by Crippen LogP contribution is 2.13. The van der Waals surface area contributed by atoms with Gasteiger partial charge in [-0.15, -0.1) is 0 Å². The second-order valence-corrected chi connectivity index (χ2v) is 3.58. The average molecular weight is 208 g/mol. The van der Waals surface area contributed by atoms with E-state index in [0.29, 0.717) is 12.4 Å². The Hall–Kier alpha value is -1.78. The molecule has 0 fully saturated rings. The van der Waals surface area contributed by atoms with E-state index < -0.39 is 0 Å². The van der Waals surface area contributed by atoms with E-state index in [4.69, 9.17) is 5.73 Å². The minimum atomic E-state index is 0.0490. The van der Waals surface area contributed by atoms with Gasteiger partial charge in [0.05, 0.1) is 6.54 Å². The Kier molecular flexibility index (Phi) is 3.49. The van der Waals surface area contributed by atoms with Gasteiger partial charge in [0.15, 0.2) is 0 Å². The normalized spacial score (nSPS) is 9.80. The van der Waals surface area contributed by atoms with Crippen LogP contribution in [0, 0.1) is 0 Å². The van der Waals surface area contributed by atoms with E-state index in [1.54, 1.807) is 31.3 Å². The fraction of sp³-hybridized carbons (Fsp3) is 0.400. The smallest absolute Gasteiger partial charge is 0.241 e. The first-order valence-electron chi connectivity index (χ1n) is 4.63. The van der Waals surface area contributed by atoms with Crippen molar-refractivity contribution in [2.24, 2.45) is 0 Å². The molecule has 0 unspecified atom stereocenters. The van der Waals surface area contributed by atoms with E-state index in [2.05, 4.69) is 4.98 Å². The summed E-state index contributed by atoms with van der Waals surface area (Å²) in [5.41, 5.74) is 6.44. The van der Waals surface area contributed by atoms with Gasteiger partial charge in [-0.1, -0.05) is 0 Å². The number of nitrogen functional groups attached to an aromatic ring is 1. The van der Waals surface area contributed by atoms with E-state index in [9.17, 15) is 4.79 Å². The third kappa shape index (κ3) is 3.12. The highest BCUT2D eigenvalue weighted by atomic mass is 16.2. The highest BCUT2D eigenvalue weighted by Gasteiger charge is 2.09. The van der Waals surface area contributed by atoms with Crippen LogP contribution in [0.25, 0.3) is 0 Å². The largest absolute Gasteiger partial charge is 0.384 e. The Morgan fingerprint density at radius 3 is 2.67 bits per heavy atom. The van der Waals surface area contributed by atoms with Gasteiger partial charge in [-0.25, -0.2) is 4.98 Å². The molecule has 1 aromatic heterocycles. The molecule has 1 aromatic rings. The first kappa shape index (κ1) is 11.3. The Morgan fingerprint density at radius 2 is 2.13 bits per heavy atom. The van der Waals surface area contributed by atoms with E-state index in [1.807, 2.05) is 18.0 Å². The fourth-order valence-electron chi connectivity index (χ4n) is 1.11. The van der Waals surface area contributed by atoms with Crippen LogP contribution in [-0.2, 0) is 4.79 Å². The number of aromatic nitrogens is 1. The Labute approximate surface area is 89.5 Å². The number of nitrogens with zero attached hydrogens (tertiary/aromatic N) is 3. The molecular formula is C10H16N4O. The molecule has 0 aromatic carbocycles. The zero-order chi connectivity index (χ0) is 11.4. The summed E-state index contributed by atoms with van der Waals surface area (Å²) in [6, 6.07) is 3.56. The number of anilines is 2. The van der Waals surface area contributed by atoms with Gasteiger partial charge in [0, 0.05) is 39.1 Å². The molecule has 2 N–H and O–H groups in total. The summed E-state index contributed by atoms with van der Waals surface area (Å²) in [6.07, 6.45) is 1.63. The molecule has 1 heterocycles. The highest BCUT2D eigenvalue weighted by molar-refractivity contribution is 5.80. The molecule has 1 rings (SSSR count). The van der Waals surface area contributed by atoms with Crippen molar-refractivity contribution in [1.82, 2.24) is 9.88 Å². The van der Waals surface area contributed by atoms with Gasteiger partial charge in [0.1, 0.15) is 5.82 Å². The maximum atomic E-state index is 11.4. The summed E-state index contributed by atoms with van der Waals surface area (Å²) in [6.45, 7) is 0.330. The number of carbonyl (C=O) groups is 1. The summed E-state index contributed by atoms with van der Waals surface area (Å²) in [7, 11) is 5.31. The summed E-state index contributed by atoms with van der Waals surface area (Å²) in [5, 5.41) is 0. The number of hydrogen-bond donors (Lipinski definition) is 1. The lowest BCUT2D eigenvalue weighted by Gasteiger charge is -2.20. The van der Waals surface area contributed by atoms with Gasteiger partial charge in [-0.3, -0.25) is 4.79 Å². The van der Waals surface area contributed by atoms with Crippen molar-refractivity contribution in [3.63, 3.8) is 0 Å². The molecule has 0 aliphatic heterocycles. The monoisotopic (exact) mass is 208 g/mol. The van der Waals surface area contributed by atoms with Crippen molar-refractivity contribution < 1.29 is 4.79 Å². The van der Waals surface area contributed by atoms with Crippen molar-refractivity contribution in [1.29, 1.82) is 0 Å². The maximum absolute atomic E-state index is 11.4. The molecule has 0 aliphatic carbocycles. The Morgan fingerprint density at radius 1 is 1.47 bits per heavy atom. The van der Waals surface area contributed by atoms with Crippen molar-refractivity contribution in [2.45, 2.75) is 0 Å². The lowest BCUT2D eigenvalue weighted by molar-refractivity contribution is -0.127. The molecule has 0 saturated heterocycles. The second kappa shape index (κ2) is 4.63. The molecule has 5 nitrogen and oxygen atoms in total. The Balaban J connectivity index is 2.69. The van der Waals surface area contributed by atoms with Gasteiger partial charge < -0.3 is 15.5 Å². The average Bonchev–Trinajstić information content (AvgIpc) is 2.17. The third-order valence-electron chi connectivity index (χ3n) is 2.08. The summed E-state index contributed by atoms with van der Waals surface area (Å²) < 4.78 is 0. The number of carbonyl (C=O) groups excluding carboxylic acids is 1. The molecule has 15 heavy (non-hydrogen) atoms. The lowest BCUT2D eigenvalue weighted by atomic mass is 10.3. The molecule has 5 heteroatoms. The van der Waals surface area contributed by atoms with Crippen LogP contribution in [-0.4, -0.2) is 43.5 Å². The lowest BCUT2D eigenvalue weighted by Crippen LogP contribution is -2.34. The molecule has 0 radical (unpaired) electrons. The predicted octanol–water partition coefficient (Wildman–Crippen LogP) is 0.188. The molecule has 0 spiro atoms. The van der Waals surface area contributed by atoms with Crippen LogP contribution in [0.5, 0.6) is 0 Å². The molecule has 0 atom stereocenters. The zero-order valence-electron chi connectivity index (χ0n) is 9.27. The number of amides is 1. The third-order valence-corrected chi connectivity index (χ3v) is 2.08. The topological polar surface area (TPSA) is 62.5 Å². The minimum absolute atomic E-state index is 0.0490. The van der Waals surface area contributed by atoms with E-state index in [0.717, 1.165) is 5.69 Å². The predicted molar refractivity (Wildman–Crippen MR) is 60.6 cm³/mol. The second-order valence-electron chi connectivity index (χ2n) is 3.58. The zero-order valence-corrected chi connectivity index (χ0v) is 9.27. The maximum Gasteiger partial charge on any atom is 0.241 e. The standard InChI is InChI=1S/C10H16N4O/c1-13(2)10(15)7-14(3)8-4-5-12-9(11)6-8/h4-6H,7H2,1-3H3,(H2,11,12). The van der Waals surface area contributed by atoms with Crippen molar-refractivity contribution in [3.8, 4) is 0 Å². The minimum Gasteiger partial charge on any atom is -0.384 e. The first-order chi connectivity index (χ1) is 7.00. The van der Waals surface area contributed by atoms with Crippen molar-refractivity contribution >= 4 is 17.4 Å². The summed E-state index contributed by atoms with van der Waals surface area (Å²) >= 11 is 0. The van der Waals surface area contributed by atoms with E-state index in [-0.39, 0.29) is 5.91 Å². The van der Waals surface area contributed by atoms with Crippen molar-refractivity contribution in [2.75, 3.05) is 38.3 Å².